The van der Waals surface area contributed by atoms with Crippen molar-refractivity contribution in [1.82, 2.24) is 25.4 Å². The van der Waals surface area contributed by atoms with E-state index in [-0.39, 0.29) is 29.5 Å². The largest absolute Gasteiger partial charge is 0.444 e. The molecule has 0 amide bonds. The first kappa shape index (κ1) is 26.3. The smallest absolute Gasteiger partial charge is 0.208 e. The van der Waals surface area contributed by atoms with Crippen molar-refractivity contribution in [3.8, 4) is 0 Å². The van der Waals surface area contributed by atoms with Crippen molar-refractivity contribution >= 4 is 29.9 Å². The van der Waals surface area contributed by atoms with Gasteiger partial charge in [0.2, 0.25) is 5.89 Å². The lowest BCUT2D eigenvalue weighted by Crippen LogP contribution is -2.56. The van der Waals surface area contributed by atoms with E-state index in [4.69, 9.17) is 9.15 Å². The van der Waals surface area contributed by atoms with Gasteiger partial charge in [0.05, 0.1) is 25.5 Å². The van der Waals surface area contributed by atoms with Crippen LogP contribution in [0.2, 0.25) is 0 Å². The summed E-state index contributed by atoms with van der Waals surface area (Å²) in [5.74, 6) is 3.33. The normalized spacial score (nSPS) is 19.8. The second kappa shape index (κ2) is 12.4. The number of likely N-dealkylation sites (tertiary alicyclic amines) is 1. The zero-order valence-corrected chi connectivity index (χ0v) is 22.2. The van der Waals surface area contributed by atoms with E-state index < -0.39 is 0 Å². The van der Waals surface area contributed by atoms with Crippen LogP contribution in [-0.4, -0.2) is 85.8 Å². The predicted octanol–water partition coefficient (Wildman–Crippen LogP) is 2.40. The Hall–Kier alpha value is -0.910. The molecule has 31 heavy (non-hydrogen) atoms. The number of oxazole rings is 1. The summed E-state index contributed by atoms with van der Waals surface area (Å²) in [7, 11) is 1.85. The second-order valence-electron chi connectivity index (χ2n) is 9.19. The molecule has 0 spiro atoms. The molecule has 2 saturated heterocycles. The molecule has 2 fully saturated rings. The molecule has 8 nitrogen and oxygen atoms in total. The summed E-state index contributed by atoms with van der Waals surface area (Å²) in [5.41, 5.74) is 1.07. The summed E-state index contributed by atoms with van der Waals surface area (Å²) < 4.78 is 11.2. The number of nitrogens with zero attached hydrogens (tertiary/aromatic N) is 4. The topological polar surface area (TPSA) is 78.2 Å². The Labute approximate surface area is 204 Å². The lowest BCUT2D eigenvalue weighted by molar-refractivity contribution is -0.00834. The molecule has 1 aromatic heterocycles. The molecule has 2 aliphatic heterocycles. The first-order valence-corrected chi connectivity index (χ1v) is 11.3. The highest BCUT2D eigenvalue weighted by molar-refractivity contribution is 14.0. The highest BCUT2D eigenvalue weighted by Crippen LogP contribution is 2.19. The highest BCUT2D eigenvalue weighted by atomic mass is 127. The number of nitrogens with one attached hydrogen (secondary N) is 2. The summed E-state index contributed by atoms with van der Waals surface area (Å²) in [6.45, 7) is 17.0. The van der Waals surface area contributed by atoms with Crippen LogP contribution >= 0.6 is 24.0 Å². The number of aromatic nitrogens is 1. The maximum Gasteiger partial charge on any atom is 0.208 e. The van der Waals surface area contributed by atoms with Crippen molar-refractivity contribution in [1.29, 1.82) is 0 Å². The van der Waals surface area contributed by atoms with Crippen LogP contribution in [0.5, 0.6) is 0 Å². The van der Waals surface area contributed by atoms with E-state index in [1.165, 1.54) is 12.8 Å². The van der Waals surface area contributed by atoms with Crippen LogP contribution in [0, 0.1) is 19.8 Å². The first-order chi connectivity index (χ1) is 14.4. The molecular formula is C22H41IN6O2. The third-order valence-corrected chi connectivity index (χ3v) is 6.48. The van der Waals surface area contributed by atoms with Crippen LogP contribution in [0.4, 0.5) is 0 Å². The highest BCUT2D eigenvalue weighted by Gasteiger charge is 2.28. The Balaban J connectivity index is 0.00000341. The molecule has 3 heterocycles. The minimum atomic E-state index is 0. The fourth-order valence-electron chi connectivity index (χ4n) is 4.19. The molecule has 0 radical (unpaired) electrons. The molecule has 2 aliphatic rings. The number of guanidine groups is 1. The van der Waals surface area contributed by atoms with Crippen molar-refractivity contribution in [2.45, 2.75) is 52.6 Å². The van der Waals surface area contributed by atoms with Gasteiger partial charge < -0.3 is 19.8 Å². The van der Waals surface area contributed by atoms with Gasteiger partial charge in [0.15, 0.2) is 5.96 Å². The van der Waals surface area contributed by atoms with E-state index in [1.807, 2.05) is 20.9 Å². The quantitative estimate of drug-likeness (QED) is 0.308. The molecule has 0 aliphatic carbocycles. The van der Waals surface area contributed by atoms with E-state index in [0.29, 0.717) is 5.92 Å². The number of aryl methyl sites for hydroxylation is 2. The number of hydrogen-bond donors (Lipinski definition) is 2. The summed E-state index contributed by atoms with van der Waals surface area (Å²) in [5, 5.41) is 7.06. The van der Waals surface area contributed by atoms with E-state index >= 15 is 0 Å². The van der Waals surface area contributed by atoms with Crippen molar-refractivity contribution in [3.05, 3.63) is 17.3 Å². The van der Waals surface area contributed by atoms with Gasteiger partial charge in [-0.3, -0.25) is 14.8 Å². The summed E-state index contributed by atoms with van der Waals surface area (Å²) in [4.78, 5) is 13.9. The Morgan fingerprint density at radius 3 is 2.39 bits per heavy atom. The summed E-state index contributed by atoms with van der Waals surface area (Å²) in [6.07, 6.45) is 2.36. The van der Waals surface area contributed by atoms with Crippen molar-refractivity contribution < 1.29 is 9.15 Å². The standard InChI is InChI=1S/C22H40N6O2.HI/c1-17-18(2)30-20(26-17)15-27-8-6-19(7-9-27)14-24-21(23-5)25-16-22(3,4)28-10-12-29-13-11-28;/h19H,6-16H2,1-5H3,(H2,23,24,25);1H. The minimum absolute atomic E-state index is 0. The maximum atomic E-state index is 5.74. The number of aliphatic imine (C=N–C) groups is 1. The number of halogens is 1. The average Bonchev–Trinajstić information content (AvgIpc) is 3.06. The monoisotopic (exact) mass is 548 g/mol. The van der Waals surface area contributed by atoms with Gasteiger partial charge in [0.1, 0.15) is 5.76 Å². The SMILES string of the molecule is CN=C(NCC1CCN(Cc2nc(C)c(C)o2)CC1)NCC(C)(C)N1CCOCC1.I. The fourth-order valence-corrected chi connectivity index (χ4v) is 4.19. The van der Waals surface area contributed by atoms with Gasteiger partial charge in [-0.05, 0) is 59.5 Å². The van der Waals surface area contributed by atoms with Gasteiger partial charge in [-0.15, -0.1) is 24.0 Å². The van der Waals surface area contributed by atoms with E-state index in [1.54, 1.807) is 0 Å². The number of piperidine rings is 1. The van der Waals surface area contributed by atoms with E-state index in [9.17, 15) is 0 Å². The zero-order valence-electron chi connectivity index (χ0n) is 19.9. The lowest BCUT2D eigenvalue weighted by atomic mass is 9.97. The van der Waals surface area contributed by atoms with Crippen LogP contribution in [0.3, 0.4) is 0 Å². The third kappa shape index (κ3) is 7.87. The Bertz CT molecular complexity index is 675. The Morgan fingerprint density at radius 2 is 1.81 bits per heavy atom. The van der Waals surface area contributed by atoms with E-state index in [0.717, 1.165) is 82.3 Å². The molecule has 9 heteroatoms. The molecular weight excluding hydrogens is 507 g/mol. The number of ether oxygens (including phenoxy) is 1. The van der Waals surface area contributed by atoms with Crippen LogP contribution < -0.4 is 10.6 Å². The van der Waals surface area contributed by atoms with Gasteiger partial charge in [-0.25, -0.2) is 4.98 Å². The first-order valence-electron chi connectivity index (χ1n) is 11.3. The van der Waals surface area contributed by atoms with Crippen LogP contribution in [-0.2, 0) is 11.3 Å². The van der Waals surface area contributed by atoms with Gasteiger partial charge in [0.25, 0.3) is 0 Å². The van der Waals surface area contributed by atoms with Crippen LogP contribution in [0.1, 0.15) is 44.0 Å². The average molecular weight is 549 g/mol. The van der Waals surface area contributed by atoms with Gasteiger partial charge in [0, 0.05) is 38.8 Å². The molecule has 2 N–H and O–H groups in total. The maximum absolute atomic E-state index is 5.74. The Morgan fingerprint density at radius 1 is 1.13 bits per heavy atom. The van der Waals surface area contributed by atoms with Crippen molar-refractivity contribution in [3.63, 3.8) is 0 Å². The molecule has 0 atom stereocenters. The lowest BCUT2D eigenvalue weighted by Gasteiger charge is -2.41. The van der Waals surface area contributed by atoms with Gasteiger partial charge in [-0.1, -0.05) is 0 Å². The van der Waals surface area contributed by atoms with Gasteiger partial charge in [-0.2, -0.15) is 0 Å². The number of rotatable bonds is 7. The molecule has 3 rings (SSSR count). The summed E-state index contributed by atoms with van der Waals surface area (Å²) >= 11 is 0. The van der Waals surface area contributed by atoms with Crippen molar-refractivity contribution in [2.24, 2.45) is 10.9 Å². The van der Waals surface area contributed by atoms with Crippen LogP contribution in [0.15, 0.2) is 9.41 Å². The van der Waals surface area contributed by atoms with E-state index in [2.05, 4.69) is 44.3 Å². The Kier molecular flexibility index (Phi) is 10.5. The molecule has 1 aromatic rings. The third-order valence-electron chi connectivity index (χ3n) is 6.48. The molecule has 0 unspecified atom stereocenters. The molecule has 0 bridgehead atoms. The minimum Gasteiger partial charge on any atom is -0.444 e. The van der Waals surface area contributed by atoms with Gasteiger partial charge >= 0.3 is 0 Å². The second-order valence-corrected chi connectivity index (χ2v) is 9.19. The fraction of sp³-hybridized carbons (Fsp3) is 0.818. The number of hydrogen-bond acceptors (Lipinski definition) is 6. The molecule has 178 valence electrons. The molecule has 0 aromatic carbocycles. The number of morpholine rings is 1. The molecule has 0 saturated carbocycles. The zero-order chi connectivity index (χ0) is 21.6. The predicted molar refractivity (Wildman–Crippen MR) is 135 cm³/mol. The summed E-state index contributed by atoms with van der Waals surface area (Å²) in [6, 6.07) is 0. The van der Waals surface area contributed by atoms with Crippen LogP contribution in [0.25, 0.3) is 0 Å². The van der Waals surface area contributed by atoms with Crippen molar-refractivity contribution in [2.75, 3.05) is 59.5 Å².